The van der Waals surface area contributed by atoms with Crippen molar-refractivity contribution >= 4 is 0 Å². The number of hydrogen-bond donors (Lipinski definition) is 0. The molecule has 16 heavy (non-hydrogen) atoms. The Balaban J connectivity index is 3.12. The Morgan fingerprint density at radius 1 is 1.00 bits per heavy atom. The van der Waals surface area contributed by atoms with Gasteiger partial charge in [-0.2, -0.15) is 0 Å². The molecule has 1 fully saturated rings. The molecule has 96 valence electrons. The average molecular weight is 244 g/mol. The summed E-state index contributed by atoms with van der Waals surface area (Å²) < 4.78 is 63.6. The van der Waals surface area contributed by atoms with Gasteiger partial charge in [-0.3, -0.25) is 0 Å². The molecule has 2 atom stereocenters. The Labute approximate surface area is 91.9 Å². The van der Waals surface area contributed by atoms with Crippen LogP contribution in [-0.2, 0) is 9.47 Å². The van der Waals surface area contributed by atoms with E-state index < -0.39 is 36.3 Å². The molecule has 2 unspecified atom stereocenters. The van der Waals surface area contributed by atoms with Crippen LogP contribution in [-0.4, -0.2) is 23.4 Å². The fourth-order valence-corrected chi connectivity index (χ4v) is 1.64. The van der Waals surface area contributed by atoms with Crippen LogP contribution in [0, 0.1) is 0 Å². The Hall–Kier alpha value is -0.360. The summed E-state index contributed by atoms with van der Waals surface area (Å²) in [6, 6.07) is 0. The number of rotatable bonds is 3. The summed E-state index contributed by atoms with van der Waals surface area (Å²) in [5, 5.41) is 0. The van der Waals surface area contributed by atoms with E-state index in [1.54, 1.807) is 0 Å². The van der Waals surface area contributed by atoms with E-state index in [1.807, 2.05) is 0 Å². The van der Waals surface area contributed by atoms with Crippen molar-refractivity contribution in [3.63, 3.8) is 0 Å². The third-order valence-corrected chi connectivity index (χ3v) is 2.98. The van der Waals surface area contributed by atoms with Gasteiger partial charge in [0.15, 0.2) is 0 Å². The molecule has 0 spiro atoms. The molecule has 0 aliphatic carbocycles. The minimum absolute atomic E-state index is 0.400. The largest absolute Gasteiger partial charge is 0.303 e. The molecule has 0 aromatic heterocycles. The molecular weight excluding hydrogens is 228 g/mol. The lowest BCUT2D eigenvalue weighted by atomic mass is 10.0. The second kappa shape index (κ2) is 3.57. The van der Waals surface area contributed by atoms with Gasteiger partial charge in [0.1, 0.15) is 0 Å². The van der Waals surface area contributed by atoms with Gasteiger partial charge < -0.3 is 9.47 Å². The molecule has 6 heteroatoms. The molecule has 0 amide bonds. The number of halogens is 4. The zero-order valence-electron chi connectivity index (χ0n) is 9.74. The van der Waals surface area contributed by atoms with E-state index in [-0.39, 0.29) is 0 Å². The first kappa shape index (κ1) is 13.7. The maximum Gasteiger partial charge on any atom is 0.298 e. The van der Waals surface area contributed by atoms with E-state index in [9.17, 15) is 17.6 Å². The summed E-state index contributed by atoms with van der Waals surface area (Å²) in [4.78, 5) is 0. The minimum atomic E-state index is -3.50. The standard InChI is InChI=1S/C10H16F4O2/c1-5-9(13)10(14,6-2)16-8(4,15-9)7(3,11)12/h5-6H2,1-4H3. The van der Waals surface area contributed by atoms with Crippen molar-refractivity contribution < 1.29 is 27.0 Å². The maximum absolute atomic E-state index is 14.1. The molecule has 0 saturated carbocycles. The highest BCUT2D eigenvalue weighted by molar-refractivity contribution is 4.98. The molecular formula is C10H16F4O2. The van der Waals surface area contributed by atoms with Crippen LogP contribution in [0.1, 0.15) is 40.5 Å². The van der Waals surface area contributed by atoms with Gasteiger partial charge in [-0.25, -0.2) is 17.6 Å². The van der Waals surface area contributed by atoms with Crippen LogP contribution in [0.2, 0.25) is 0 Å². The van der Waals surface area contributed by atoms with Crippen LogP contribution in [0.15, 0.2) is 0 Å². The van der Waals surface area contributed by atoms with Gasteiger partial charge in [0.25, 0.3) is 17.6 Å². The topological polar surface area (TPSA) is 18.5 Å². The molecule has 0 radical (unpaired) electrons. The summed E-state index contributed by atoms with van der Waals surface area (Å²) >= 11 is 0. The van der Waals surface area contributed by atoms with Crippen molar-refractivity contribution in [3.8, 4) is 0 Å². The third-order valence-electron chi connectivity index (χ3n) is 2.98. The molecule has 0 bridgehead atoms. The van der Waals surface area contributed by atoms with E-state index in [1.165, 1.54) is 13.8 Å². The van der Waals surface area contributed by atoms with Crippen molar-refractivity contribution in [2.24, 2.45) is 0 Å². The van der Waals surface area contributed by atoms with Crippen molar-refractivity contribution in [2.75, 3.05) is 0 Å². The van der Waals surface area contributed by atoms with Gasteiger partial charge in [-0.15, -0.1) is 0 Å². The second-order valence-electron chi connectivity index (χ2n) is 4.20. The molecule has 1 rings (SSSR count). The fraction of sp³-hybridized carbons (Fsp3) is 1.00. The SMILES string of the molecule is CCC1(F)OC(C)(C(C)(F)F)OC1(F)CC. The van der Waals surface area contributed by atoms with E-state index in [0.29, 0.717) is 6.92 Å². The van der Waals surface area contributed by atoms with Gasteiger partial charge >= 0.3 is 0 Å². The third kappa shape index (κ3) is 1.72. The Bertz CT molecular complexity index is 260. The molecule has 1 saturated heterocycles. The molecule has 1 aliphatic rings. The summed E-state index contributed by atoms with van der Waals surface area (Å²) in [5.74, 6) is -11.8. The smallest absolute Gasteiger partial charge is 0.298 e. The van der Waals surface area contributed by atoms with E-state index >= 15 is 0 Å². The average Bonchev–Trinajstić information content (AvgIpc) is 2.36. The summed E-state index contributed by atoms with van der Waals surface area (Å²) in [6.45, 7) is 3.97. The van der Waals surface area contributed by atoms with Gasteiger partial charge in [0.05, 0.1) is 0 Å². The zero-order chi connectivity index (χ0) is 12.8. The normalized spacial score (nSPS) is 45.0. The van der Waals surface area contributed by atoms with E-state index in [0.717, 1.165) is 6.92 Å². The van der Waals surface area contributed by atoms with Crippen molar-refractivity contribution in [2.45, 2.75) is 64.0 Å². The lowest BCUT2D eigenvalue weighted by Crippen LogP contribution is -2.45. The molecule has 0 N–H and O–H groups in total. The van der Waals surface area contributed by atoms with Crippen LogP contribution in [0.4, 0.5) is 17.6 Å². The van der Waals surface area contributed by atoms with Crippen molar-refractivity contribution in [1.29, 1.82) is 0 Å². The van der Waals surface area contributed by atoms with Crippen LogP contribution >= 0.6 is 0 Å². The molecule has 0 aromatic carbocycles. The van der Waals surface area contributed by atoms with Gasteiger partial charge in [0, 0.05) is 19.8 Å². The van der Waals surface area contributed by atoms with E-state index in [4.69, 9.17) is 0 Å². The van der Waals surface area contributed by atoms with Gasteiger partial charge in [0.2, 0.25) is 5.79 Å². The summed E-state index contributed by atoms with van der Waals surface area (Å²) in [5.41, 5.74) is 0. The first-order valence-corrected chi connectivity index (χ1v) is 5.19. The van der Waals surface area contributed by atoms with Crippen LogP contribution < -0.4 is 0 Å². The van der Waals surface area contributed by atoms with Crippen LogP contribution in [0.3, 0.4) is 0 Å². The number of hydrogen-bond acceptors (Lipinski definition) is 2. The molecule has 2 nitrogen and oxygen atoms in total. The Morgan fingerprint density at radius 2 is 1.31 bits per heavy atom. The predicted octanol–water partition coefficient (Wildman–Crippen LogP) is 3.56. The van der Waals surface area contributed by atoms with Crippen molar-refractivity contribution in [3.05, 3.63) is 0 Å². The Kier molecular flexibility index (Phi) is 3.05. The summed E-state index contributed by atoms with van der Waals surface area (Å²) in [7, 11) is 0. The predicted molar refractivity (Wildman–Crippen MR) is 49.5 cm³/mol. The lowest BCUT2D eigenvalue weighted by molar-refractivity contribution is -0.308. The second-order valence-corrected chi connectivity index (χ2v) is 4.20. The summed E-state index contributed by atoms with van der Waals surface area (Å²) in [6.07, 6.45) is -0.800. The van der Waals surface area contributed by atoms with Crippen LogP contribution in [0.5, 0.6) is 0 Å². The first-order valence-electron chi connectivity index (χ1n) is 5.19. The maximum atomic E-state index is 14.1. The minimum Gasteiger partial charge on any atom is -0.303 e. The van der Waals surface area contributed by atoms with Crippen LogP contribution in [0.25, 0.3) is 0 Å². The van der Waals surface area contributed by atoms with Crippen molar-refractivity contribution in [1.82, 2.24) is 0 Å². The fourth-order valence-electron chi connectivity index (χ4n) is 1.64. The number of ether oxygens (including phenoxy) is 2. The molecule has 1 aliphatic heterocycles. The highest BCUT2D eigenvalue weighted by Gasteiger charge is 2.71. The molecule has 1 heterocycles. The molecule has 0 aromatic rings. The van der Waals surface area contributed by atoms with Gasteiger partial charge in [-0.1, -0.05) is 13.8 Å². The number of alkyl halides is 4. The quantitative estimate of drug-likeness (QED) is 0.707. The first-order chi connectivity index (χ1) is 7.04. The van der Waals surface area contributed by atoms with E-state index in [2.05, 4.69) is 9.47 Å². The van der Waals surface area contributed by atoms with Gasteiger partial charge in [-0.05, 0) is 6.92 Å². The highest BCUT2D eigenvalue weighted by Crippen LogP contribution is 2.54. The Morgan fingerprint density at radius 3 is 1.50 bits per heavy atom. The zero-order valence-corrected chi connectivity index (χ0v) is 9.74. The monoisotopic (exact) mass is 244 g/mol. The highest BCUT2D eigenvalue weighted by atomic mass is 19.3. The lowest BCUT2D eigenvalue weighted by Gasteiger charge is -2.29.